The number of benzene rings is 3. The molecule has 1 aliphatic heterocycles. The first kappa shape index (κ1) is 27.1. The maximum atomic E-state index is 15.8. The molecule has 0 atom stereocenters. The molecule has 2 aromatic heterocycles. The Hall–Kier alpha value is -4.13. The standard InChI is InChI=1S/C29H28F2N6O3S/c1-41(38,39)34-26-15-21(23-4-2-3-5-24(23)30)16-28(29(26)31)37-19-32-25-14-20(6-7-27(25)37)22-17-33-36(18-22)9-8-35-10-12-40-13-11-35/h2-7,14-19,34H,8-13H2,1H3. The minimum absolute atomic E-state index is 0.0306. The number of fused-ring (bicyclic) bond motifs is 1. The van der Waals surface area contributed by atoms with Crippen LogP contribution in [0.15, 0.2) is 73.3 Å². The Morgan fingerprint density at radius 1 is 0.976 bits per heavy atom. The third-order valence-electron chi connectivity index (χ3n) is 7.06. The number of sulfonamides is 1. The minimum atomic E-state index is -3.81. The largest absolute Gasteiger partial charge is 0.379 e. The van der Waals surface area contributed by atoms with Gasteiger partial charge in [0, 0.05) is 37.0 Å². The number of anilines is 1. The first-order chi connectivity index (χ1) is 19.7. The average Bonchev–Trinajstić information content (AvgIpc) is 3.60. The SMILES string of the molecule is CS(=O)(=O)Nc1cc(-c2ccccc2F)cc(-n2cnc3cc(-c4cnn(CCN5CCOCC5)c4)ccc32)c1F. The summed E-state index contributed by atoms with van der Waals surface area (Å²) in [4.78, 5) is 6.84. The normalized spacial score (nSPS) is 14.5. The molecule has 0 unspecified atom stereocenters. The second kappa shape index (κ2) is 11.0. The Morgan fingerprint density at radius 3 is 2.56 bits per heavy atom. The van der Waals surface area contributed by atoms with Crippen LogP contribution < -0.4 is 4.72 Å². The zero-order valence-corrected chi connectivity index (χ0v) is 23.1. The molecule has 0 saturated carbocycles. The predicted molar refractivity (Wildman–Crippen MR) is 153 cm³/mol. The Kier molecular flexibility index (Phi) is 7.28. The molecule has 0 aliphatic carbocycles. The fourth-order valence-corrected chi connectivity index (χ4v) is 5.55. The molecule has 6 rings (SSSR count). The maximum Gasteiger partial charge on any atom is 0.229 e. The van der Waals surface area contributed by atoms with Crippen molar-refractivity contribution in [2.24, 2.45) is 0 Å². The molecule has 5 aromatic rings. The highest BCUT2D eigenvalue weighted by Crippen LogP contribution is 2.34. The summed E-state index contributed by atoms with van der Waals surface area (Å²) < 4.78 is 65.4. The molecule has 1 saturated heterocycles. The Morgan fingerprint density at radius 2 is 1.78 bits per heavy atom. The number of hydrogen-bond donors (Lipinski definition) is 1. The van der Waals surface area contributed by atoms with Gasteiger partial charge in [-0.05, 0) is 41.5 Å². The first-order valence-corrected chi connectivity index (χ1v) is 15.0. The van der Waals surface area contributed by atoms with Gasteiger partial charge in [-0.2, -0.15) is 5.10 Å². The van der Waals surface area contributed by atoms with Gasteiger partial charge in [0.15, 0.2) is 5.82 Å². The lowest BCUT2D eigenvalue weighted by Gasteiger charge is -2.26. The lowest BCUT2D eigenvalue weighted by molar-refractivity contribution is 0.0360. The van der Waals surface area contributed by atoms with Crippen LogP contribution in [0.25, 0.3) is 39.0 Å². The fraction of sp³-hybridized carbons (Fsp3) is 0.241. The number of halogens is 2. The van der Waals surface area contributed by atoms with E-state index in [9.17, 15) is 12.8 Å². The van der Waals surface area contributed by atoms with E-state index in [0.29, 0.717) is 16.6 Å². The zero-order chi connectivity index (χ0) is 28.6. The molecule has 0 bridgehead atoms. The van der Waals surface area contributed by atoms with E-state index in [1.54, 1.807) is 24.4 Å². The maximum absolute atomic E-state index is 15.8. The molecule has 0 radical (unpaired) electrons. The molecular weight excluding hydrogens is 550 g/mol. The van der Waals surface area contributed by atoms with Gasteiger partial charge in [0.1, 0.15) is 12.1 Å². The second-order valence-corrected chi connectivity index (χ2v) is 11.7. The number of morpholine rings is 1. The van der Waals surface area contributed by atoms with Crippen LogP contribution in [0.4, 0.5) is 14.5 Å². The number of imidazole rings is 1. The van der Waals surface area contributed by atoms with Gasteiger partial charge in [-0.3, -0.25) is 18.9 Å². The Balaban J connectivity index is 1.34. The van der Waals surface area contributed by atoms with Crippen molar-refractivity contribution in [3.8, 4) is 27.9 Å². The van der Waals surface area contributed by atoms with Crippen molar-refractivity contribution in [3.05, 3.63) is 85.0 Å². The predicted octanol–water partition coefficient (Wildman–Crippen LogP) is 4.54. The van der Waals surface area contributed by atoms with Crippen molar-refractivity contribution in [3.63, 3.8) is 0 Å². The van der Waals surface area contributed by atoms with Crippen LogP contribution in [-0.4, -0.2) is 71.8 Å². The summed E-state index contributed by atoms with van der Waals surface area (Å²) in [5, 5.41) is 4.50. The summed E-state index contributed by atoms with van der Waals surface area (Å²) in [6.45, 7) is 5.00. The van der Waals surface area contributed by atoms with E-state index < -0.39 is 21.7 Å². The Labute approximate surface area is 236 Å². The van der Waals surface area contributed by atoms with E-state index in [0.717, 1.165) is 56.8 Å². The van der Waals surface area contributed by atoms with Crippen LogP contribution in [0.2, 0.25) is 0 Å². The monoisotopic (exact) mass is 578 g/mol. The number of nitrogens with zero attached hydrogens (tertiary/aromatic N) is 5. The fourth-order valence-electron chi connectivity index (χ4n) is 5.00. The molecule has 0 spiro atoms. The summed E-state index contributed by atoms with van der Waals surface area (Å²) in [6.07, 6.45) is 6.19. The molecule has 3 heterocycles. The van der Waals surface area contributed by atoms with Crippen LogP contribution >= 0.6 is 0 Å². The molecule has 212 valence electrons. The quantitative estimate of drug-likeness (QED) is 0.291. The smallest absolute Gasteiger partial charge is 0.229 e. The summed E-state index contributed by atoms with van der Waals surface area (Å²) in [5.74, 6) is -1.32. The molecule has 3 aromatic carbocycles. The van der Waals surface area contributed by atoms with Gasteiger partial charge in [0.25, 0.3) is 0 Å². The zero-order valence-electron chi connectivity index (χ0n) is 22.3. The van der Waals surface area contributed by atoms with Crippen molar-refractivity contribution in [1.82, 2.24) is 24.2 Å². The van der Waals surface area contributed by atoms with Gasteiger partial charge < -0.3 is 4.74 Å². The number of nitrogens with one attached hydrogen (secondary N) is 1. The van der Waals surface area contributed by atoms with Crippen LogP contribution in [0.1, 0.15) is 0 Å². The van der Waals surface area contributed by atoms with Crippen LogP contribution in [0, 0.1) is 11.6 Å². The van der Waals surface area contributed by atoms with Gasteiger partial charge in [-0.1, -0.05) is 24.3 Å². The van der Waals surface area contributed by atoms with Crippen LogP contribution in [-0.2, 0) is 21.3 Å². The van der Waals surface area contributed by atoms with E-state index >= 15 is 4.39 Å². The van der Waals surface area contributed by atoms with Gasteiger partial charge in [-0.25, -0.2) is 22.2 Å². The molecule has 0 amide bonds. The molecule has 9 nitrogen and oxygen atoms in total. The summed E-state index contributed by atoms with van der Waals surface area (Å²) in [6, 6.07) is 14.4. The average molecular weight is 579 g/mol. The number of hydrogen-bond acceptors (Lipinski definition) is 6. The van der Waals surface area contributed by atoms with Gasteiger partial charge in [0.2, 0.25) is 10.0 Å². The molecule has 41 heavy (non-hydrogen) atoms. The van der Waals surface area contributed by atoms with Crippen molar-refractivity contribution in [2.75, 3.05) is 43.8 Å². The number of rotatable bonds is 8. The third kappa shape index (κ3) is 5.85. The highest BCUT2D eigenvalue weighted by atomic mass is 32.2. The summed E-state index contributed by atoms with van der Waals surface area (Å²) in [7, 11) is -3.81. The lowest BCUT2D eigenvalue weighted by Crippen LogP contribution is -2.38. The van der Waals surface area contributed by atoms with Crippen molar-refractivity contribution >= 4 is 26.7 Å². The highest BCUT2D eigenvalue weighted by molar-refractivity contribution is 7.92. The van der Waals surface area contributed by atoms with E-state index in [2.05, 4.69) is 19.7 Å². The topological polar surface area (TPSA) is 94.3 Å². The van der Waals surface area contributed by atoms with Gasteiger partial charge >= 0.3 is 0 Å². The van der Waals surface area contributed by atoms with E-state index in [1.807, 2.05) is 29.1 Å². The van der Waals surface area contributed by atoms with Gasteiger partial charge in [0.05, 0.1) is 54.6 Å². The van der Waals surface area contributed by atoms with E-state index in [-0.39, 0.29) is 16.9 Å². The van der Waals surface area contributed by atoms with Gasteiger partial charge in [-0.15, -0.1) is 0 Å². The minimum Gasteiger partial charge on any atom is -0.379 e. The number of ether oxygens (including phenoxy) is 1. The van der Waals surface area contributed by atoms with Crippen LogP contribution in [0.5, 0.6) is 0 Å². The lowest BCUT2D eigenvalue weighted by atomic mass is 10.0. The van der Waals surface area contributed by atoms with E-state index in [4.69, 9.17) is 4.74 Å². The van der Waals surface area contributed by atoms with Crippen molar-refractivity contribution < 1.29 is 21.9 Å². The molecule has 12 heteroatoms. The van der Waals surface area contributed by atoms with Crippen LogP contribution in [0.3, 0.4) is 0 Å². The first-order valence-electron chi connectivity index (χ1n) is 13.1. The summed E-state index contributed by atoms with van der Waals surface area (Å²) in [5.41, 5.74) is 3.31. The van der Waals surface area contributed by atoms with E-state index in [1.165, 1.54) is 29.1 Å². The third-order valence-corrected chi connectivity index (χ3v) is 7.65. The number of aromatic nitrogens is 4. The second-order valence-electron chi connectivity index (χ2n) is 9.98. The molecular formula is C29H28F2N6O3S. The molecule has 1 aliphatic rings. The van der Waals surface area contributed by atoms with Crippen molar-refractivity contribution in [1.29, 1.82) is 0 Å². The molecule has 1 fully saturated rings. The summed E-state index contributed by atoms with van der Waals surface area (Å²) >= 11 is 0. The highest BCUT2D eigenvalue weighted by Gasteiger charge is 2.19. The Bertz CT molecular complexity index is 1830. The van der Waals surface area contributed by atoms with Crippen molar-refractivity contribution in [2.45, 2.75) is 6.54 Å². The molecule has 1 N–H and O–H groups in total.